The Morgan fingerprint density at radius 3 is 2.58 bits per heavy atom. The number of carboxylic acid groups (broad SMARTS) is 1. The van der Waals surface area contributed by atoms with Crippen LogP contribution in [-0.4, -0.2) is 21.2 Å². The number of carbonyl (C=O) groups excluding carboxylic acids is 1. The van der Waals surface area contributed by atoms with Gasteiger partial charge in [-0.15, -0.1) is 24.0 Å². The number of nitrogens with zero attached hydrogens (tertiary/aromatic N) is 1. The first-order valence-corrected chi connectivity index (χ1v) is 8.47. The van der Waals surface area contributed by atoms with Gasteiger partial charge in [0.25, 0.3) is 0 Å². The first kappa shape index (κ1) is 16.5. The number of thiol groups is 1. The van der Waals surface area contributed by atoms with Gasteiger partial charge in [0.1, 0.15) is 10.9 Å². The van der Waals surface area contributed by atoms with Crippen molar-refractivity contribution in [2.45, 2.75) is 12.3 Å². The number of anilines is 2. The Bertz CT molecular complexity index is 893. The van der Waals surface area contributed by atoms with Crippen molar-refractivity contribution in [3.05, 3.63) is 53.5 Å². The van der Waals surface area contributed by atoms with Gasteiger partial charge in [-0.2, -0.15) is 0 Å². The van der Waals surface area contributed by atoms with E-state index in [1.807, 2.05) is 48.5 Å². The Hall–Kier alpha value is -2.38. The fourth-order valence-electron chi connectivity index (χ4n) is 2.35. The Balaban J connectivity index is 2.00. The van der Waals surface area contributed by atoms with E-state index in [4.69, 9.17) is 0 Å². The number of benzene rings is 2. The summed E-state index contributed by atoms with van der Waals surface area (Å²) in [5.74, 6) is -2.05. The number of aliphatic carboxylic acids is 1. The topological polar surface area (TPSA) is 79.3 Å². The van der Waals surface area contributed by atoms with Crippen LogP contribution in [0.1, 0.15) is 17.3 Å². The molecule has 1 atom stereocenters. The van der Waals surface area contributed by atoms with Gasteiger partial charge < -0.3 is 10.4 Å². The van der Waals surface area contributed by atoms with Gasteiger partial charge in [-0.3, -0.25) is 9.59 Å². The average molecular weight is 358 g/mol. The van der Waals surface area contributed by atoms with E-state index in [1.54, 1.807) is 0 Å². The summed E-state index contributed by atoms with van der Waals surface area (Å²) in [5, 5.41) is 12.6. The molecule has 0 amide bonds. The van der Waals surface area contributed by atoms with Gasteiger partial charge >= 0.3 is 5.97 Å². The zero-order valence-corrected chi connectivity index (χ0v) is 14.2. The van der Waals surface area contributed by atoms with Crippen LogP contribution < -0.4 is 5.32 Å². The van der Waals surface area contributed by atoms with Crippen molar-refractivity contribution in [3.8, 4) is 0 Å². The fraction of sp³-hybridized carbons (Fsp3) is 0.118. The predicted molar refractivity (Wildman–Crippen MR) is 98.3 cm³/mol. The molecule has 5 nitrogen and oxygen atoms in total. The van der Waals surface area contributed by atoms with E-state index in [0.29, 0.717) is 10.5 Å². The first-order chi connectivity index (χ1) is 11.5. The van der Waals surface area contributed by atoms with E-state index < -0.39 is 17.0 Å². The Morgan fingerprint density at radius 1 is 1.17 bits per heavy atom. The van der Waals surface area contributed by atoms with Gasteiger partial charge in [0.2, 0.25) is 0 Å². The van der Waals surface area contributed by atoms with Crippen LogP contribution in [-0.2, 0) is 9.59 Å². The molecule has 122 valence electrons. The average Bonchev–Trinajstić information content (AvgIpc) is 2.98. The van der Waals surface area contributed by atoms with Gasteiger partial charge in [0.05, 0.1) is 15.9 Å². The minimum atomic E-state index is -1.07. The molecule has 1 unspecified atom stereocenters. The lowest BCUT2D eigenvalue weighted by molar-refractivity contribution is -0.139. The Morgan fingerprint density at radius 2 is 1.92 bits per heavy atom. The van der Waals surface area contributed by atoms with Crippen LogP contribution in [0.2, 0.25) is 0 Å². The van der Waals surface area contributed by atoms with E-state index in [1.165, 1.54) is 11.3 Å². The highest BCUT2D eigenvalue weighted by atomic mass is 32.1. The quantitative estimate of drug-likeness (QED) is 0.579. The lowest BCUT2D eigenvalue weighted by Gasteiger charge is -2.06. The van der Waals surface area contributed by atoms with Crippen molar-refractivity contribution in [2.24, 2.45) is 0 Å². The SMILES string of the molecule is O=C(S)CC(C(=O)O)c1nc2cccc(Nc3ccccc3)c2s1. The van der Waals surface area contributed by atoms with Crippen LogP contribution in [0.3, 0.4) is 0 Å². The predicted octanol–water partition coefficient (Wildman–Crippen LogP) is 4.05. The largest absolute Gasteiger partial charge is 0.481 e. The normalized spacial score (nSPS) is 12.0. The summed E-state index contributed by atoms with van der Waals surface area (Å²) in [6, 6.07) is 15.3. The van der Waals surface area contributed by atoms with Crippen molar-refractivity contribution >= 4 is 56.6 Å². The monoisotopic (exact) mass is 358 g/mol. The second-order valence-electron chi connectivity index (χ2n) is 5.19. The molecule has 0 bridgehead atoms. The molecular weight excluding hydrogens is 344 g/mol. The van der Waals surface area contributed by atoms with Crippen molar-refractivity contribution in [1.82, 2.24) is 4.98 Å². The van der Waals surface area contributed by atoms with Gasteiger partial charge in [-0.05, 0) is 24.3 Å². The molecule has 2 N–H and O–H groups in total. The molecule has 0 spiro atoms. The van der Waals surface area contributed by atoms with E-state index in [0.717, 1.165) is 16.1 Å². The van der Waals surface area contributed by atoms with Crippen LogP contribution in [0.5, 0.6) is 0 Å². The molecule has 0 aliphatic heterocycles. The number of carbonyl (C=O) groups is 2. The summed E-state index contributed by atoms with van der Waals surface area (Å²) in [4.78, 5) is 27.1. The number of fused-ring (bicyclic) bond motifs is 1. The third-order valence-corrected chi connectivity index (χ3v) is 4.86. The summed E-state index contributed by atoms with van der Waals surface area (Å²) in [6.45, 7) is 0. The standard InChI is InChI=1S/C17H14N2O3S2/c20-14(23)9-11(17(21)22)16-19-13-8-4-7-12(15(13)24-16)18-10-5-2-1-3-6-10/h1-8,11,18H,9H2,(H,20,23)(H,21,22). The summed E-state index contributed by atoms with van der Waals surface area (Å²) in [5.41, 5.74) is 2.48. The molecule has 7 heteroatoms. The third-order valence-electron chi connectivity index (χ3n) is 3.46. The number of aromatic nitrogens is 1. The Kier molecular flexibility index (Phi) is 4.82. The molecule has 1 aromatic heterocycles. The van der Waals surface area contributed by atoms with E-state index in [2.05, 4.69) is 22.9 Å². The molecule has 1 heterocycles. The number of hydrogen-bond donors (Lipinski definition) is 3. The first-order valence-electron chi connectivity index (χ1n) is 7.20. The molecule has 3 aromatic rings. The second kappa shape index (κ2) is 7.02. The number of nitrogens with one attached hydrogen (secondary N) is 1. The highest BCUT2D eigenvalue weighted by molar-refractivity contribution is 7.96. The molecule has 0 fully saturated rings. The smallest absolute Gasteiger partial charge is 0.313 e. The van der Waals surface area contributed by atoms with Crippen molar-refractivity contribution < 1.29 is 14.7 Å². The van der Waals surface area contributed by atoms with Crippen LogP contribution in [0.4, 0.5) is 11.4 Å². The molecular formula is C17H14N2O3S2. The molecule has 0 aliphatic rings. The maximum absolute atomic E-state index is 11.5. The second-order valence-corrected chi connectivity index (χ2v) is 6.72. The molecule has 2 aromatic carbocycles. The minimum absolute atomic E-state index is 0.181. The number of para-hydroxylation sites is 1. The van der Waals surface area contributed by atoms with Gasteiger partial charge in [-0.1, -0.05) is 24.3 Å². The molecule has 3 rings (SSSR count). The van der Waals surface area contributed by atoms with Crippen LogP contribution in [0, 0.1) is 0 Å². The molecule has 0 aliphatic carbocycles. The maximum Gasteiger partial charge on any atom is 0.313 e. The van der Waals surface area contributed by atoms with Crippen molar-refractivity contribution in [2.75, 3.05) is 5.32 Å². The van der Waals surface area contributed by atoms with E-state index in [9.17, 15) is 14.7 Å². The van der Waals surface area contributed by atoms with Crippen molar-refractivity contribution in [1.29, 1.82) is 0 Å². The fourth-order valence-corrected chi connectivity index (χ4v) is 3.65. The van der Waals surface area contributed by atoms with Crippen LogP contribution in [0.25, 0.3) is 10.2 Å². The molecule has 0 saturated heterocycles. The zero-order chi connectivity index (χ0) is 17.1. The lowest BCUT2D eigenvalue weighted by atomic mass is 10.1. The number of hydrogen-bond acceptors (Lipinski definition) is 5. The van der Waals surface area contributed by atoms with Gasteiger partial charge in [0, 0.05) is 12.1 Å². The minimum Gasteiger partial charge on any atom is -0.481 e. The van der Waals surface area contributed by atoms with Gasteiger partial charge in [0.15, 0.2) is 5.12 Å². The number of carboxylic acids is 1. The zero-order valence-electron chi connectivity index (χ0n) is 12.5. The maximum atomic E-state index is 11.5. The summed E-state index contributed by atoms with van der Waals surface area (Å²) in [6.07, 6.45) is -0.181. The molecule has 0 saturated carbocycles. The highest BCUT2D eigenvalue weighted by Crippen LogP contribution is 2.35. The number of rotatable bonds is 6. The Labute approximate surface area is 147 Å². The van der Waals surface area contributed by atoms with Gasteiger partial charge in [-0.25, -0.2) is 4.98 Å². The third kappa shape index (κ3) is 3.58. The van der Waals surface area contributed by atoms with E-state index in [-0.39, 0.29) is 6.42 Å². The number of thiazole rings is 1. The summed E-state index contributed by atoms with van der Waals surface area (Å²) < 4.78 is 0.856. The van der Waals surface area contributed by atoms with Crippen LogP contribution in [0.15, 0.2) is 48.5 Å². The summed E-state index contributed by atoms with van der Waals surface area (Å²) in [7, 11) is 0. The highest BCUT2D eigenvalue weighted by Gasteiger charge is 2.26. The molecule has 0 radical (unpaired) electrons. The summed E-state index contributed by atoms with van der Waals surface area (Å²) >= 11 is 4.97. The van der Waals surface area contributed by atoms with Crippen LogP contribution >= 0.6 is 24.0 Å². The van der Waals surface area contributed by atoms with Crippen molar-refractivity contribution in [3.63, 3.8) is 0 Å². The molecule has 24 heavy (non-hydrogen) atoms. The van der Waals surface area contributed by atoms with E-state index >= 15 is 0 Å². The lowest BCUT2D eigenvalue weighted by Crippen LogP contribution is -2.13.